The molecule has 2 amide bonds. The van der Waals surface area contributed by atoms with Crippen LogP contribution in [0.1, 0.15) is 18.5 Å². The number of rotatable bonds is 4. The Hall–Kier alpha value is -2.74. The van der Waals surface area contributed by atoms with Crippen LogP contribution >= 0.6 is 11.3 Å². The Balaban J connectivity index is 1.62. The van der Waals surface area contributed by atoms with E-state index in [1.807, 2.05) is 36.6 Å². The molecule has 2 heterocycles. The Morgan fingerprint density at radius 1 is 1.32 bits per heavy atom. The third-order valence-corrected chi connectivity index (χ3v) is 3.77. The van der Waals surface area contributed by atoms with Crippen molar-refractivity contribution in [2.75, 3.05) is 5.32 Å². The number of thiazole rings is 1. The van der Waals surface area contributed by atoms with Gasteiger partial charge in [-0.2, -0.15) is 5.10 Å². The molecule has 3 aromatic rings. The van der Waals surface area contributed by atoms with Crippen molar-refractivity contribution < 1.29 is 4.79 Å². The summed E-state index contributed by atoms with van der Waals surface area (Å²) in [5.41, 5.74) is 1.92. The van der Waals surface area contributed by atoms with Crippen LogP contribution in [0.5, 0.6) is 0 Å². The van der Waals surface area contributed by atoms with Crippen LogP contribution in [0.3, 0.4) is 0 Å². The van der Waals surface area contributed by atoms with Gasteiger partial charge in [0.15, 0.2) is 5.13 Å². The monoisotopic (exact) mass is 314 g/mol. The predicted octanol–water partition coefficient (Wildman–Crippen LogP) is 2.61. The number of anilines is 1. The smallest absolute Gasteiger partial charge is 0.321 e. The molecule has 0 fully saturated rings. The van der Waals surface area contributed by atoms with Crippen molar-refractivity contribution in [2.45, 2.75) is 13.0 Å². The molecule has 3 rings (SSSR count). The summed E-state index contributed by atoms with van der Waals surface area (Å²) >= 11 is 1.38. The highest BCUT2D eigenvalue weighted by molar-refractivity contribution is 7.13. The van der Waals surface area contributed by atoms with E-state index in [4.69, 9.17) is 0 Å². The minimum atomic E-state index is -0.275. The highest BCUT2D eigenvalue weighted by atomic mass is 32.1. The molecule has 8 heteroatoms. The van der Waals surface area contributed by atoms with Gasteiger partial charge in [0.25, 0.3) is 0 Å². The van der Waals surface area contributed by atoms with Gasteiger partial charge in [-0.05, 0) is 24.6 Å². The van der Waals surface area contributed by atoms with Gasteiger partial charge >= 0.3 is 6.03 Å². The van der Waals surface area contributed by atoms with E-state index in [1.165, 1.54) is 17.7 Å². The molecule has 1 aromatic carbocycles. The van der Waals surface area contributed by atoms with Gasteiger partial charge in [-0.25, -0.2) is 19.4 Å². The molecule has 0 spiro atoms. The van der Waals surface area contributed by atoms with Gasteiger partial charge < -0.3 is 5.32 Å². The molecule has 0 bridgehead atoms. The molecule has 1 atom stereocenters. The largest absolute Gasteiger partial charge is 0.331 e. The molecule has 0 unspecified atom stereocenters. The molecule has 0 radical (unpaired) electrons. The molecule has 7 nitrogen and oxygen atoms in total. The van der Waals surface area contributed by atoms with Crippen LogP contribution in [0.4, 0.5) is 9.93 Å². The Labute approximate surface area is 131 Å². The Morgan fingerprint density at radius 2 is 2.14 bits per heavy atom. The number of aromatic nitrogens is 4. The zero-order valence-electron chi connectivity index (χ0n) is 11.8. The van der Waals surface area contributed by atoms with Gasteiger partial charge in [0.2, 0.25) is 0 Å². The van der Waals surface area contributed by atoms with Gasteiger partial charge in [0.05, 0.1) is 11.7 Å². The molecule has 22 heavy (non-hydrogen) atoms. The average Bonchev–Trinajstić information content (AvgIpc) is 3.20. The number of carbonyl (C=O) groups excluding carboxylic acids is 1. The van der Waals surface area contributed by atoms with Crippen molar-refractivity contribution in [1.82, 2.24) is 25.1 Å². The first kappa shape index (κ1) is 14.2. The van der Waals surface area contributed by atoms with Crippen LogP contribution in [0.15, 0.2) is 48.5 Å². The second-order valence-electron chi connectivity index (χ2n) is 4.59. The van der Waals surface area contributed by atoms with Crippen molar-refractivity contribution in [3.63, 3.8) is 0 Å². The van der Waals surface area contributed by atoms with E-state index in [0.29, 0.717) is 5.13 Å². The van der Waals surface area contributed by atoms with E-state index in [0.717, 1.165) is 11.3 Å². The molecule has 2 N–H and O–H groups in total. The Kier molecular flexibility index (Phi) is 4.10. The number of hydrogen-bond donors (Lipinski definition) is 2. The lowest BCUT2D eigenvalue weighted by molar-refractivity contribution is 0.249. The fourth-order valence-electron chi connectivity index (χ4n) is 1.96. The summed E-state index contributed by atoms with van der Waals surface area (Å²) < 4.78 is 1.68. The maximum absolute atomic E-state index is 11.9. The van der Waals surface area contributed by atoms with E-state index >= 15 is 0 Å². The Bertz CT molecular complexity index is 723. The number of urea groups is 1. The number of nitrogens with zero attached hydrogens (tertiary/aromatic N) is 4. The van der Waals surface area contributed by atoms with Crippen molar-refractivity contribution in [2.24, 2.45) is 0 Å². The van der Waals surface area contributed by atoms with Crippen LogP contribution < -0.4 is 10.6 Å². The number of nitrogens with one attached hydrogen (secondary N) is 2. The summed E-state index contributed by atoms with van der Waals surface area (Å²) in [6, 6.07) is 7.37. The molecule has 112 valence electrons. The second-order valence-corrected chi connectivity index (χ2v) is 5.48. The average molecular weight is 314 g/mol. The lowest BCUT2D eigenvalue weighted by Gasteiger charge is -2.14. The summed E-state index contributed by atoms with van der Waals surface area (Å²) in [5, 5.41) is 12.0. The van der Waals surface area contributed by atoms with Gasteiger partial charge in [-0.1, -0.05) is 12.1 Å². The summed E-state index contributed by atoms with van der Waals surface area (Å²) in [4.78, 5) is 19.8. The summed E-state index contributed by atoms with van der Waals surface area (Å²) in [5.74, 6) is 0. The van der Waals surface area contributed by atoms with Crippen molar-refractivity contribution in [3.8, 4) is 5.69 Å². The van der Waals surface area contributed by atoms with E-state index in [2.05, 4.69) is 25.7 Å². The van der Waals surface area contributed by atoms with Crippen molar-refractivity contribution >= 4 is 22.5 Å². The van der Waals surface area contributed by atoms with Crippen LogP contribution in [0.25, 0.3) is 5.69 Å². The third kappa shape index (κ3) is 3.29. The molecular weight excluding hydrogens is 300 g/mol. The minimum absolute atomic E-state index is 0.121. The zero-order chi connectivity index (χ0) is 15.4. The van der Waals surface area contributed by atoms with E-state index in [-0.39, 0.29) is 12.1 Å². The summed E-state index contributed by atoms with van der Waals surface area (Å²) in [6.45, 7) is 1.92. The first-order valence-electron chi connectivity index (χ1n) is 6.64. The van der Waals surface area contributed by atoms with Crippen LogP contribution in [0.2, 0.25) is 0 Å². The molecule has 0 aliphatic heterocycles. The first-order chi connectivity index (χ1) is 10.7. The second kappa shape index (κ2) is 6.35. The maximum atomic E-state index is 11.9. The highest BCUT2D eigenvalue weighted by Gasteiger charge is 2.10. The van der Waals surface area contributed by atoms with Crippen LogP contribution in [-0.2, 0) is 0 Å². The lowest BCUT2D eigenvalue weighted by Crippen LogP contribution is -2.31. The highest BCUT2D eigenvalue weighted by Crippen LogP contribution is 2.16. The normalized spacial score (nSPS) is 11.9. The fourth-order valence-corrected chi connectivity index (χ4v) is 2.48. The van der Waals surface area contributed by atoms with Gasteiger partial charge in [0.1, 0.15) is 12.7 Å². The van der Waals surface area contributed by atoms with E-state index in [1.54, 1.807) is 17.2 Å². The molecule has 0 aliphatic carbocycles. The molecule has 0 aliphatic rings. The van der Waals surface area contributed by atoms with E-state index in [9.17, 15) is 4.79 Å². The fraction of sp³-hybridized carbons (Fsp3) is 0.143. The quantitative estimate of drug-likeness (QED) is 0.775. The molecule has 0 saturated heterocycles. The third-order valence-electron chi connectivity index (χ3n) is 3.08. The van der Waals surface area contributed by atoms with E-state index < -0.39 is 0 Å². The number of carbonyl (C=O) groups is 1. The predicted molar refractivity (Wildman–Crippen MR) is 84.0 cm³/mol. The topological polar surface area (TPSA) is 84.7 Å². The van der Waals surface area contributed by atoms with Crippen molar-refractivity contribution in [3.05, 3.63) is 54.1 Å². The molecular formula is C14H14N6OS. The number of benzene rings is 1. The minimum Gasteiger partial charge on any atom is -0.331 e. The van der Waals surface area contributed by atoms with Gasteiger partial charge in [0, 0.05) is 11.6 Å². The van der Waals surface area contributed by atoms with Crippen LogP contribution in [0, 0.1) is 0 Å². The standard InChI is InChI=1S/C14H14N6OS/c1-10(18-13(21)19-14-16-6-7-22-14)11-2-4-12(5-3-11)20-9-15-8-17-20/h2-10H,1H3,(H2,16,18,19,21)/t10-/m1/s1. The summed E-state index contributed by atoms with van der Waals surface area (Å²) in [6.07, 6.45) is 4.77. The van der Waals surface area contributed by atoms with Crippen LogP contribution in [-0.4, -0.2) is 25.8 Å². The number of amides is 2. The summed E-state index contributed by atoms with van der Waals surface area (Å²) in [7, 11) is 0. The first-order valence-corrected chi connectivity index (χ1v) is 7.52. The Morgan fingerprint density at radius 3 is 2.77 bits per heavy atom. The maximum Gasteiger partial charge on any atom is 0.321 e. The molecule has 2 aromatic heterocycles. The van der Waals surface area contributed by atoms with Crippen molar-refractivity contribution in [1.29, 1.82) is 0 Å². The zero-order valence-corrected chi connectivity index (χ0v) is 12.6. The lowest BCUT2D eigenvalue weighted by atomic mass is 10.1. The van der Waals surface area contributed by atoms with Gasteiger partial charge in [-0.15, -0.1) is 11.3 Å². The SMILES string of the molecule is C[C@@H](NC(=O)Nc1nccs1)c1ccc(-n2cncn2)cc1. The van der Waals surface area contributed by atoms with Gasteiger partial charge in [-0.3, -0.25) is 5.32 Å². The number of hydrogen-bond acceptors (Lipinski definition) is 5. The molecule has 0 saturated carbocycles.